The lowest BCUT2D eigenvalue weighted by molar-refractivity contribution is -0.122. The Labute approximate surface area is 251 Å². The van der Waals surface area contributed by atoms with E-state index >= 15 is 0 Å². The van der Waals surface area contributed by atoms with Crippen LogP contribution in [0.2, 0.25) is 0 Å². The summed E-state index contributed by atoms with van der Waals surface area (Å²) in [6.45, 7) is 8.76. The van der Waals surface area contributed by atoms with Crippen LogP contribution in [0.4, 0.5) is 10.7 Å². The number of hydrogen-bond donors (Lipinski definition) is 1. The molecule has 1 N–H and O–H groups in total. The highest BCUT2D eigenvalue weighted by molar-refractivity contribution is 6.15. The summed E-state index contributed by atoms with van der Waals surface area (Å²) in [7, 11) is 3.10. The third kappa shape index (κ3) is 7.89. The van der Waals surface area contributed by atoms with Gasteiger partial charge in [-0.05, 0) is 44.5 Å². The average molecular weight is 594 g/mol. The van der Waals surface area contributed by atoms with Crippen LogP contribution in [0.3, 0.4) is 0 Å². The Morgan fingerprint density at radius 1 is 1.02 bits per heavy atom. The maximum atomic E-state index is 14.1. The zero-order valence-electron chi connectivity index (χ0n) is 25.5. The maximum Gasteiger partial charge on any atom is 0.410 e. The van der Waals surface area contributed by atoms with Gasteiger partial charge in [0.2, 0.25) is 23.4 Å². The topological polar surface area (TPSA) is 136 Å². The minimum atomic E-state index is -1.09. The number of anilines is 1. The highest BCUT2D eigenvalue weighted by atomic mass is 16.6. The summed E-state index contributed by atoms with van der Waals surface area (Å²) in [5.41, 5.74) is 0.870. The molecule has 12 heteroatoms. The number of methoxy groups -OCH3 is 2. The zero-order valence-corrected chi connectivity index (χ0v) is 25.5. The molecule has 2 aromatic heterocycles. The van der Waals surface area contributed by atoms with Crippen LogP contribution >= 0.6 is 0 Å². The maximum absolute atomic E-state index is 14.1. The molecule has 0 radical (unpaired) electrons. The lowest BCUT2D eigenvalue weighted by Gasteiger charge is -2.38. The first-order valence-electron chi connectivity index (χ1n) is 14.2. The number of rotatable bonds is 11. The van der Waals surface area contributed by atoms with Crippen LogP contribution in [0.5, 0.6) is 11.6 Å². The van der Waals surface area contributed by atoms with Gasteiger partial charge >= 0.3 is 6.09 Å². The van der Waals surface area contributed by atoms with Crippen LogP contribution in [0, 0.1) is 0 Å². The second kappa shape index (κ2) is 13.7. The molecule has 1 unspecified atom stereocenters. The lowest BCUT2D eigenvalue weighted by Crippen LogP contribution is -2.56. The van der Waals surface area contributed by atoms with Crippen molar-refractivity contribution in [1.29, 1.82) is 0 Å². The van der Waals surface area contributed by atoms with Gasteiger partial charge in [0.1, 0.15) is 17.4 Å². The molecule has 230 valence electrons. The van der Waals surface area contributed by atoms with Crippen LogP contribution in [0.25, 0.3) is 11.5 Å². The SMILES string of the molecule is CCC(=O)C(C(=O)c1nc(-c2ccnc(OC)c2)oc1NCc1ccc(OC)cc1)N1CCN(C(=O)OC(C)(C)C)CC1. The van der Waals surface area contributed by atoms with E-state index in [1.54, 1.807) is 42.2 Å². The molecule has 3 aromatic rings. The summed E-state index contributed by atoms with van der Waals surface area (Å²) in [6, 6.07) is 9.73. The molecule has 1 amide bonds. The predicted octanol–water partition coefficient (Wildman–Crippen LogP) is 4.45. The molecule has 1 saturated heterocycles. The highest BCUT2D eigenvalue weighted by Gasteiger charge is 2.38. The van der Waals surface area contributed by atoms with Gasteiger partial charge in [0.25, 0.3) is 0 Å². The van der Waals surface area contributed by atoms with Gasteiger partial charge < -0.3 is 28.8 Å². The van der Waals surface area contributed by atoms with Crippen LogP contribution in [0.1, 0.15) is 50.2 Å². The molecule has 43 heavy (non-hydrogen) atoms. The van der Waals surface area contributed by atoms with Crippen molar-refractivity contribution in [3.63, 3.8) is 0 Å². The molecule has 1 atom stereocenters. The Balaban J connectivity index is 1.61. The van der Waals surface area contributed by atoms with Gasteiger partial charge in [0.05, 0.1) is 14.2 Å². The number of piperazine rings is 1. The third-order valence-electron chi connectivity index (χ3n) is 6.90. The number of Topliss-reactive ketones (excluding diaryl/α,β-unsaturated/α-hetero) is 2. The molecule has 0 bridgehead atoms. The van der Waals surface area contributed by atoms with E-state index in [1.807, 2.05) is 45.0 Å². The van der Waals surface area contributed by atoms with Gasteiger partial charge in [-0.1, -0.05) is 19.1 Å². The molecule has 0 aliphatic carbocycles. The minimum absolute atomic E-state index is 0.0145. The van der Waals surface area contributed by atoms with Gasteiger partial charge in [-0.15, -0.1) is 0 Å². The average Bonchev–Trinajstić information content (AvgIpc) is 3.44. The molecule has 1 fully saturated rings. The quantitative estimate of drug-likeness (QED) is 0.249. The Bertz CT molecular complexity index is 1420. The van der Waals surface area contributed by atoms with Crippen molar-refractivity contribution in [3.05, 3.63) is 53.9 Å². The first-order valence-corrected chi connectivity index (χ1v) is 14.2. The molecule has 3 heterocycles. The van der Waals surface area contributed by atoms with Crippen molar-refractivity contribution in [2.24, 2.45) is 0 Å². The first kappa shape index (κ1) is 31.5. The van der Waals surface area contributed by atoms with Crippen LogP contribution in [-0.2, 0) is 16.1 Å². The van der Waals surface area contributed by atoms with Gasteiger partial charge in [0.15, 0.2) is 11.5 Å². The lowest BCUT2D eigenvalue weighted by atomic mass is 10.0. The number of benzene rings is 1. The minimum Gasteiger partial charge on any atom is -0.497 e. The molecule has 12 nitrogen and oxygen atoms in total. The summed E-state index contributed by atoms with van der Waals surface area (Å²) < 4.78 is 22.1. The Kier molecular flexibility index (Phi) is 10.0. The molecule has 0 spiro atoms. The second-order valence-corrected chi connectivity index (χ2v) is 11.1. The number of nitrogens with zero attached hydrogens (tertiary/aromatic N) is 4. The van der Waals surface area contributed by atoms with Crippen molar-refractivity contribution in [1.82, 2.24) is 19.8 Å². The number of amides is 1. The van der Waals surface area contributed by atoms with E-state index < -0.39 is 23.5 Å². The summed E-state index contributed by atoms with van der Waals surface area (Å²) >= 11 is 0. The Morgan fingerprint density at radius 2 is 1.72 bits per heavy atom. The summed E-state index contributed by atoms with van der Waals surface area (Å²) in [6.07, 6.45) is 1.29. The third-order valence-corrected chi connectivity index (χ3v) is 6.90. The van der Waals surface area contributed by atoms with Gasteiger partial charge in [-0.3, -0.25) is 14.5 Å². The molecular formula is C31H39N5O7. The first-order chi connectivity index (χ1) is 20.5. The molecule has 1 aliphatic rings. The molecule has 0 saturated carbocycles. The van der Waals surface area contributed by atoms with Crippen molar-refractivity contribution in [2.75, 3.05) is 45.7 Å². The van der Waals surface area contributed by atoms with E-state index in [4.69, 9.17) is 18.6 Å². The molecule has 1 aliphatic heterocycles. The monoisotopic (exact) mass is 593 g/mol. The van der Waals surface area contributed by atoms with Gasteiger partial charge in [-0.25, -0.2) is 14.8 Å². The van der Waals surface area contributed by atoms with Crippen molar-refractivity contribution in [2.45, 2.75) is 52.3 Å². The summed E-state index contributed by atoms with van der Waals surface area (Å²) in [5, 5.41) is 3.19. The van der Waals surface area contributed by atoms with Crippen LogP contribution < -0.4 is 14.8 Å². The predicted molar refractivity (Wildman–Crippen MR) is 159 cm³/mol. The molecular weight excluding hydrogens is 554 g/mol. The number of ketones is 2. The fourth-order valence-corrected chi connectivity index (χ4v) is 4.64. The van der Waals surface area contributed by atoms with Crippen LogP contribution in [0.15, 0.2) is 47.0 Å². The fraction of sp³-hybridized carbons (Fsp3) is 0.452. The van der Waals surface area contributed by atoms with E-state index in [2.05, 4.69) is 15.3 Å². The number of carbonyl (C=O) groups excluding carboxylic acids is 3. The van der Waals surface area contributed by atoms with Crippen molar-refractivity contribution < 1.29 is 33.0 Å². The number of oxazole rings is 1. The number of hydrogen-bond acceptors (Lipinski definition) is 11. The second-order valence-electron chi connectivity index (χ2n) is 11.1. The summed E-state index contributed by atoms with van der Waals surface area (Å²) in [4.78, 5) is 52.1. The molecule has 1 aromatic carbocycles. The number of pyridine rings is 1. The normalized spacial score (nSPS) is 14.6. The smallest absolute Gasteiger partial charge is 0.410 e. The number of aromatic nitrogens is 2. The number of carbonyl (C=O) groups is 3. The van der Waals surface area contributed by atoms with E-state index in [0.29, 0.717) is 44.2 Å². The number of nitrogens with one attached hydrogen (secondary N) is 1. The van der Waals surface area contributed by atoms with E-state index in [1.165, 1.54) is 7.11 Å². The van der Waals surface area contributed by atoms with E-state index in [-0.39, 0.29) is 29.7 Å². The fourth-order valence-electron chi connectivity index (χ4n) is 4.64. The van der Waals surface area contributed by atoms with Crippen molar-refractivity contribution >= 4 is 23.5 Å². The summed E-state index contributed by atoms with van der Waals surface area (Å²) in [5.74, 6) is 0.684. The van der Waals surface area contributed by atoms with E-state index in [9.17, 15) is 14.4 Å². The van der Waals surface area contributed by atoms with Crippen LogP contribution in [-0.4, -0.2) is 89.5 Å². The number of ether oxygens (including phenoxy) is 3. The van der Waals surface area contributed by atoms with E-state index in [0.717, 1.165) is 11.3 Å². The Morgan fingerprint density at radius 3 is 2.33 bits per heavy atom. The standard InChI is InChI=1S/C31H39N5O7/c1-7-23(37)26(35-14-16-36(17-15-35)30(39)43-31(2,3)4)27(38)25-29(33-19-20-8-10-22(40-5)11-9-20)42-28(34-25)21-12-13-32-24(18-21)41-6/h8-13,18,26,33H,7,14-17,19H2,1-6H3. The molecule has 4 rings (SSSR count). The van der Waals surface area contributed by atoms with Gasteiger partial charge in [0, 0.05) is 57.0 Å². The highest BCUT2D eigenvalue weighted by Crippen LogP contribution is 2.30. The largest absolute Gasteiger partial charge is 0.497 e. The van der Waals surface area contributed by atoms with Crippen molar-refractivity contribution in [3.8, 4) is 23.1 Å². The Hall–Kier alpha value is -4.45. The van der Waals surface area contributed by atoms with Gasteiger partial charge in [-0.2, -0.15) is 0 Å². The zero-order chi connectivity index (χ0) is 31.1.